The van der Waals surface area contributed by atoms with Crippen molar-refractivity contribution in [1.29, 1.82) is 0 Å². The van der Waals surface area contributed by atoms with Crippen LogP contribution in [0.1, 0.15) is 10.9 Å². The van der Waals surface area contributed by atoms with Crippen molar-refractivity contribution in [2.24, 2.45) is 0 Å². The summed E-state index contributed by atoms with van der Waals surface area (Å²) in [6.45, 7) is 0.985. The van der Waals surface area contributed by atoms with Crippen molar-refractivity contribution in [1.82, 2.24) is 5.32 Å². The maximum atomic E-state index is 10.4. The Balaban J connectivity index is 2.16. The first-order valence-electron chi connectivity index (χ1n) is 3.85. The van der Waals surface area contributed by atoms with Crippen LogP contribution in [0.3, 0.4) is 0 Å². The van der Waals surface area contributed by atoms with Crippen LogP contribution in [0, 0.1) is 10.1 Å². The largest absolute Gasteiger partial charge is 0.324 e. The predicted octanol–water partition coefficient (Wildman–Crippen LogP) is 1.99. The van der Waals surface area contributed by atoms with Gasteiger partial charge in [-0.3, -0.25) is 10.1 Å². The number of thioether (sulfide) groups is 1. The van der Waals surface area contributed by atoms with Crippen LogP contribution in [-0.2, 0) is 0 Å². The highest BCUT2D eigenvalue weighted by Crippen LogP contribution is 2.34. The molecule has 2 heterocycles. The molecular formula is C7H8N2O2S2. The molecule has 1 N–H and O–H groups in total. The predicted molar refractivity (Wildman–Crippen MR) is 54.2 cm³/mol. The van der Waals surface area contributed by atoms with Crippen molar-refractivity contribution in [3.8, 4) is 0 Å². The molecule has 0 aromatic carbocycles. The minimum atomic E-state index is -0.339. The molecule has 0 spiro atoms. The lowest BCUT2D eigenvalue weighted by atomic mass is 10.3. The highest BCUT2D eigenvalue weighted by atomic mass is 32.2. The molecule has 0 aliphatic carbocycles. The maximum Gasteiger partial charge on any atom is 0.324 e. The van der Waals surface area contributed by atoms with Gasteiger partial charge in [-0.15, -0.1) is 11.8 Å². The van der Waals surface area contributed by atoms with Crippen LogP contribution in [0.15, 0.2) is 11.4 Å². The van der Waals surface area contributed by atoms with Crippen LogP contribution in [0.2, 0.25) is 0 Å². The van der Waals surface area contributed by atoms with Crippen LogP contribution in [-0.4, -0.2) is 17.2 Å². The summed E-state index contributed by atoms with van der Waals surface area (Å²) < 4.78 is 0. The molecule has 4 nitrogen and oxygen atoms in total. The van der Waals surface area contributed by atoms with Crippen LogP contribution in [0.25, 0.3) is 0 Å². The molecule has 70 valence electrons. The first kappa shape index (κ1) is 8.98. The highest BCUT2D eigenvalue weighted by Gasteiger charge is 2.20. The number of nitrogens with one attached hydrogen (secondary N) is 1. The minimum Gasteiger partial charge on any atom is -0.301 e. The molecule has 0 bridgehead atoms. The van der Waals surface area contributed by atoms with E-state index >= 15 is 0 Å². The van der Waals surface area contributed by atoms with Crippen molar-refractivity contribution in [2.45, 2.75) is 5.37 Å². The third-order valence-corrected chi connectivity index (χ3v) is 3.92. The van der Waals surface area contributed by atoms with Gasteiger partial charge in [0.2, 0.25) is 0 Å². The Kier molecular flexibility index (Phi) is 2.52. The van der Waals surface area contributed by atoms with E-state index in [1.165, 1.54) is 11.3 Å². The van der Waals surface area contributed by atoms with Gasteiger partial charge in [-0.25, -0.2) is 0 Å². The van der Waals surface area contributed by atoms with Gasteiger partial charge in [-0.1, -0.05) is 11.3 Å². The van der Waals surface area contributed by atoms with Crippen molar-refractivity contribution in [3.63, 3.8) is 0 Å². The van der Waals surface area contributed by atoms with Crippen LogP contribution in [0.4, 0.5) is 5.00 Å². The quantitative estimate of drug-likeness (QED) is 0.606. The van der Waals surface area contributed by atoms with E-state index in [4.69, 9.17) is 0 Å². The second kappa shape index (κ2) is 3.65. The normalized spacial score (nSPS) is 22.0. The standard InChI is InChI=1S/C7H8N2O2S2/c10-9(11)6-3-5(4-13-6)7-8-1-2-12-7/h3-4,7-8H,1-2H2. The van der Waals surface area contributed by atoms with Crippen molar-refractivity contribution >= 4 is 28.1 Å². The van der Waals surface area contributed by atoms with Crippen molar-refractivity contribution in [2.75, 3.05) is 12.3 Å². The zero-order valence-electron chi connectivity index (χ0n) is 6.73. The maximum absolute atomic E-state index is 10.4. The third-order valence-electron chi connectivity index (χ3n) is 1.80. The Labute approximate surface area is 83.5 Å². The van der Waals surface area contributed by atoms with Crippen LogP contribution < -0.4 is 5.32 Å². The topological polar surface area (TPSA) is 55.2 Å². The molecule has 1 saturated heterocycles. The second-order valence-corrected chi connectivity index (χ2v) is 4.78. The van der Waals surface area contributed by atoms with E-state index in [0.717, 1.165) is 17.9 Å². The lowest BCUT2D eigenvalue weighted by Crippen LogP contribution is -2.11. The Hall–Kier alpha value is -0.590. The Bertz CT molecular complexity index is 320. The van der Waals surface area contributed by atoms with Gasteiger partial charge >= 0.3 is 5.00 Å². The molecule has 2 rings (SSSR count). The molecule has 13 heavy (non-hydrogen) atoms. The van der Waals surface area contributed by atoms with Gasteiger partial charge in [0.05, 0.1) is 10.3 Å². The molecule has 1 aliphatic rings. The summed E-state index contributed by atoms with van der Waals surface area (Å²) in [5, 5.41) is 16.0. The summed E-state index contributed by atoms with van der Waals surface area (Å²) >= 11 is 2.99. The zero-order valence-corrected chi connectivity index (χ0v) is 8.36. The fourth-order valence-electron chi connectivity index (χ4n) is 1.21. The molecular weight excluding hydrogens is 208 g/mol. The van der Waals surface area contributed by atoms with Gasteiger partial charge in [0, 0.05) is 23.7 Å². The fraction of sp³-hybridized carbons (Fsp3) is 0.429. The monoisotopic (exact) mass is 216 g/mol. The van der Waals surface area contributed by atoms with Crippen LogP contribution >= 0.6 is 23.1 Å². The van der Waals surface area contributed by atoms with E-state index in [9.17, 15) is 10.1 Å². The smallest absolute Gasteiger partial charge is 0.301 e. The lowest BCUT2D eigenvalue weighted by molar-refractivity contribution is -0.380. The van der Waals surface area contributed by atoms with Gasteiger partial charge in [-0.2, -0.15) is 0 Å². The Morgan fingerprint density at radius 1 is 1.69 bits per heavy atom. The molecule has 1 atom stereocenters. The number of hydrogen-bond acceptors (Lipinski definition) is 5. The molecule has 0 saturated carbocycles. The SMILES string of the molecule is O=[N+]([O-])c1cc(C2NCCS2)cs1. The molecule has 1 unspecified atom stereocenters. The lowest BCUT2D eigenvalue weighted by Gasteiger charge is -2.04. The molecule has 0 amide bonds. The molecule has 1 aliphatic heterocycles. The Morgan fingerprint density at radius 3 is 3.08 bits per heavy atom. The Morgan fingerprint density at radius 2 is 2.54 bits per heavy atom. The number of nitro groups is 1. The van der Waals surface area contributed by atoms with Gasteiger partial charge in [0.1, 0.15) is 0 Å². The highest BCUT2D eigenvalue weighted by molar-refractivity contribution is 7.99. The summed E-state index contributed by atoms with van der Waals surface area (Å²) in [5.41, 5.74) is 1.03. The summed E-state index contributed by atoms with van der Waals surface area (Å²) in [5.74, 6) is 1.08. The first-order valence-corrected chi connectivity index (χ1v) is 5.78. The minimum absolute atomic E-state index is 0.226. The number of nitrogens with zero attached hydrogens (tertiary/aromatic N) is 1. The van der Waals surface area contributed by atoms with E-state index < -0.39 is 0 Å². The molecule has 1 aromatic rings. The van der Waals surface area contributed by atoms with Crippen LogP contribution in [0.5, 0.6) is 0 Å². The van der Waals surface area contributed by atoms with E-state index in [-0.39, 0.29) is 15.3 Å². The zero-order chi connectivity index (χ0) is 9.26. The number of thiophene rings is 1. The molecule has 6 heteroatoms. The summed E-state index contributed by atoms with van der Waals surface area (Å²) in [7, 11) is 0. The fourth-order valence-corrected chi connectivity index (χ4v) is 3.08. The summed E-state index contributed by atoms with van der Waals surface area (Å²) in [6.07, 6.45) is 0. The van der Waals surface area contributed by atoms with E-state index in [1.807, 2.05) is 5.38 Å². The van der Waals surface area contributed by atoms with Gasteiger partial charge in [-0.05, 0) is 5.56 Å². The van der Waals surface area contributed by atoms with Gasteiger partial charge in [0.25, 0.3) is 0 Å². The molecule has 0 radical (unpaired) electrons. The van der Waals surface area contributed by atoms with Crippen molar-refractivity contribution in [3.05, 3.63) is 27.1 Å². The van der Waals surface area contributed by atoms with Crippen molar-refractivity contribution < 1.29 is 4.92 Å². The first-order chi connectivity index (χ1) is 6.27. The third kappa shape index (κ3) is 1.84. The molecule has 1 fully saturated rings. The second-order valence-electron chi connectivity index (χ2n) is 2.68. The number of hydrogen-bond donors (Lipinski definition) is 1. The summed E-state index contributed by atoms with van der Waals surface area (Å²) in [4.78, 5) is 10.1. The number of rotatable bonds is 2. The van der Waals surface area contributed by atoms with E-state index in [0.29, 0.717) is 0 Å². The average molecular weight is 216 g/mol. The van der Waals surface area contributed by atoms with E-state index in [2.05, 4.69) is 5.32 Å². The summed E-state index contributed by atoms with van der Waals surface area (Å²) in [6, 6.07) is 1.65. The molecule has 1 aromatic heterocycles. The van der Waals surface area contributed by atoms with Gasteiger partial charge < -0.3 is 5.32 Å². The van der Waals surface area contributed by atoms with E-state index in [1.54, 1.807) is 17.8 Å². The van der Waals surface area contributed by atoms with Gasteiger partial charge in [0.15, 0.2) is 0 Å². The average Bonchev–Trinajstić information content (AvgIpc) is 2.75.